The van der Waals surface area contributed by atoms with Crippen molar-refractivity contribution in [3.8, 4) is 0 Å². The summed E-state index contributed by atoms with van der Waals surface area (Å²) in [5.74, 6) is 0. The van der Waals surface area contributed by atoms with Crippen LogP contribution in [0.2, 0.25) is 0 Å². The van der Waals surface area contributed by atoms with Crippen LogP contribution in [0.25, 0.3) is 0 Å². The summed E-state index contributed by atoms with van der Waals surface area (Å²) in [6.45, 7) is 2.13. The predicted molar refractivity (Wildman–Crippen MR) is 109 cm³/mol. The average molecular weight is 380 g/mol. The van der Waals surface area contributed by atoms with Gasteiger partial charge in [0.05, 0.1) is 5.67 Å². The SMILES string of the molecule is CO[Si](OC)(OC)C1CCCCCCCCCN1CCc1ccccc1. The summed E-state index contributed by atoms with van der Waals surface area (Å²) in [6.07, 6.45) is 11.3. The van der Waals surface area contributed by atoms with E-state index in [1.54, 1.807) is 21.3 Å². The van der Waals surface area contributed by atoms with Crippen LogP contribution in [0.4, 0.5) is 0 Å². The van der Waals surface area contributed by atoms with Gasteiger partial charge in [-0.05, 0) is 31.4 Å². The quantitative estimate of drug-likeness (QED) is 0.655. The molecule has 5 heteroatoms. The molecular weight excluding hydrogens is 342 g/mol. The Labute approximate surface area is 161 Å². The van der Waals surface area contributed by atoms with Crippen molar-refractivity contribution in [3.05, 3.63) is 35.9 Å². The molecule has 2 rings (SSSR count). The molecule has 1 fully saturated rings. The molecule has 0 saturated carbocycles. The van der Waals surface area contributed by atoms with E-state index in [0.29, 0.717) is 0 Å². The monoisotopic (exact) mass is 379 g/mol. The number of hydrogen-bond donors (Lipinski definition) is 0. The number of rotatable bonds is 7. The van der Waals surface area contributed by atoms with Crippen molar-refractivity contribution in [2.75, 3.05) is 34.4 Å². The van der Waals surface area contributed by atoms with Crippen LogP contribution < -0.4 is 0 Å². The molecule has 0 N–H and O–H groups in total. The first kappa shape index (κ1) is 21.6. The second-order valence-electron chi connectivity index (χ2n) is 7.27. The zero-order valence-electron chi connectivity index (χ0n) is 16.9. The minimum atomic E-state index is -2.70. The first-order valence-electron chi connectivity index (χ1n) is 10.2. The summed E-state index contributed by atoms with van der Waals surface area (Å²) >= 11 is 0. The fourth-order valence-corrected chi connectivity index (χ4v) is 6.70. The van der Waals surface area contributed by atoms with Gasteiger partial charge in [-0.15, -0.1) is 0 Å². The molecule has 26 heavy (non-hydrogen) atoms. The van der Waals surface area contributed by atoms with E-state index in [0.717, 1.165) is 25.9 Å². The maximum atomic E-state index is 5.91. The zero-order chi connectivity index (χ0) is 18.7. The van der Waals surface area contributed by atoms with E-state index in [4.69, 9.17) is 13.3 Å². The van der Waals surface area contributed by atoms with Crippen molar-refractivity contribution in [1.82, 2.24) is 4.90 Å². The lowest BCUT2D eigenvalue weighted by Crippen LogP contribution is -2.62. The molecule has 0 amide bonds. The van der Waals surface area contributed by atoms with Crippen molar-refractivity contribution >= 4 is 8.80 Å². The number of hydrogen-bond acceptors (Lipinski definition) is 4. The zero-order valence-corrected chi connectivity index (χ0v) is 17.9. The molecule has 1 aliphatic heterocycles. The van der Waals surface area contributed by atoms with Gasteiger partial charge < -0.3 is 13.3 Å². The van der Waals surface area contributed by atoms with E-state index in [1.165, 1.54) is 50.5 Å². The van der Waals surface area contributed by atoms with E-state index in [2.05, 4.69) is 35.2 Å². The molecule has 1 unspecified atom stereocenters. The van der Waals surface area contributed by atoms with Gasteiger partial charge in [0.25, 0.3) is 0 Å². The number of benzene rings is 1. The summed E-state index contributed by atoms with van der Waals surface area (Å²) in [7, 11) is 2.55. The average Bonchev–Trinajstić information content (AvgIpc) is 2.75. The Morgan fingerprint density at radius 1 is 0.846 bits per heavy atom. The third-order valence-electron chi connectivity index (χ3n) is 5.66. The minimum Gasteiger partial charge on any atom is -0.376 e. The highest BCUT2D eigenvalue weighted by Gasteiger charge is 2.49. The molecule has 0 spiro atoms. The summed E-state index contributed by atoms with van der Waals surface area (Å²) in [4.78, 5) is 2.60. The fraction of sp³-hybridized carbons (Fsp3) is 0.714. The van der Waals surface area contributed by atoms with E-state index < -0.39 is 8.80 Å². The van der Waals surface area contributed by atoms with Gasteiger partial charge in [0.15, 0.2) is 0 Å². The van der Waals surface area contributed by atoms with Crippen LogP contribution in [0.3, 0.4) is 0 Å². The van der Waals surface area contributed by atoms with Crippen LogP contribution in [0.5, 0.6) is 0 Å². The second kappa shape index (κ2) is 11.9. The molecule has 0 aromatic heterocycles. The third kappa shape index (κ3) is 6.17. The maximum Gasteiger partial charge on any atom is 0.518 e. The van der Waals surface area contributed by atoms with Gasteiger partial charge in [0.1, 0.15) is 0 Å². The molecular formula is C21H37NO3Si. The van der Waals surface area contributed by atoms with Crippen LogP contribution in [0.15, 0.2) is 30.3 Å². The maximum absolute atomic E-state index is 5.91. The summed E-state index contributed by atoms with van der Waals surface area (Å²) < 4.78 is 17.7. The lowest BCUT2D eigenvalue weighted by atomic mass is 10.1. The molecule has 148 valence electrons. The molecule has 0 radical (unpaired) electrons. The van der Waals surface area contributed by atoms with Crippen molar-refractivity contribution in [2.45, 2.75) is 63.5 Å². The van der Waals surface area contributed by atoms with Gasteiger partial charge in [-0.1, -0.05) is 68.9 Å². The Morgan fingerprint density at radius 3 is 2.04 bits per heavy atom. The molecule has 0 bridgehead atoms. The van der Waals surface area contributed by atoms with Gasteiger partial charge >= 0.3 is 8.80 Å². The van der Waals surface area contributed by atoms with Crippen molar-refractivity contribution in [3.63, 3.8) is 0 Å². The van der Waals surface area contributed by atoms with Gasteiger partial charge in [0, 0.05) is 27.9 Å². The van der Waals surface area contributed by atoms with Crippen LogP contribution >= 0.6 is 0 Å². The molecule has 1 saturated heterocycles. The van der Waals surface area contributed by atoms with Crippen LogP contribution in [0.1, 0.15) is 56.9 Å². The van der Waals surface area contributed by atoms with Crippen molar-refractivity contribution in [1.29, 1.82) is 0 Å². The molecule has 0 aliphatic carbocycles. The van der Waals surface area contributed by atoms with Crippen molar-refractivity contribution < 1.29 is 13.3 Å². The minimum absolute atomic E-state index is 0.240. The predicted octanol–water partition coefficient (Wildman–Crippen LogP) is 4.45. The Kier molecular flexibility index (Phi) is 9.86. The molecule has 4 nitrogen and oxygen atoms in total. The van der Waals surface area contributed by atoms with E-state index in [-0.39, 0.29) is 5.67 Å². The molecule has 1 aromatic carbocycles. The highest BCUT2D eigenvalue weighted by molar-refractivity contribution is 6.62. The summed E-state index contributed by atoms with van der Waals surface area (Å²) in [6, 6.07) is 10.8. The second-order valence-corrected chi connectivity index (χ2v) is 10.4. The smallest absolute Gasteiger partial charge is 0.376 e. The number of nitrogens with zero attached hydrogens (tertiary/aromatic N) is 1. The van der Waals surface area contributed by atoms with Crippen LogP contribution in [-0.2, 0) is 19.7 Å². The Bertz CT molecular complexity index is 473. The molecule has 1 aliphatic rings. The first-order valence-corrected chi connectivity index (χ1v) is 12.0. The summed E-state index contributed by atoms with van der Waals surface area (Å²) in [5, 5.41) is 0. The standard InChI is InChI=1S/C21H37NO3Si/c1-23-26(24-2,25-3)21-16-12-7-5-4-6-8-13-18-22(21)19-17-20-14-10-9-11-15-20/h9-11,14-15,21H,4-8,12-13,16-19H2,1-3H3. The summed E-state index contributed by atoms with van der Waals surface area (Å²) in [5.41, 5.74) is 1.63. The highest BCUT2D eigenvalue weighted by Crippen LogP contribution is 2.25. The Morgan fingerprint density at radius 2 is 1.42 bits per heavy atom. The van der Waals surface area contributed by atoms with Crippen molar-refractivity contribution in [2.24, 2.45) is 0 Å². The Balaban J connectivity index is 2.17. The molecule has 1 atom stereocenters. The largest absolute Gasteiger partial charge is 0.518 e. The normalized spacial score (nSPS) is 21.3. The molecule has 1 aromatic rings. The van der Waals surface area contributed by atoms with E-state index >= 15 is 0 Å². The fourth-order valence-electron chi connectivity index (χ4n) is 4.12. The van der Waals surface area contributed by atoms with Gasteiger partial charge in [0.2, 0.25) is 0 Å². The lowest BCUT2D eigenvalue weighted by molar-refractivity contribution is 0.0697. The van der Waals surface area contributed by atoms with Gasteiger partial charge in [-0.2, -0.15) is 0 Å². The third-order valence-corrected chi connectivity index (χ3v) is 8.83. The van der Waals surface area contributed by atoms with E-state index in [9.17, 15) is 0 Å². The lowest BCUT2D eigenvalue weighted by Gasteiger charge is -2.40. The topological polar surface area (TPSA) is 30.9 Å². The Hall–Kier alpha value is -0.723. The van der Waals surface area contributed by atoms with Gasteiger partial charge in [-0.25, -0.2) is 0 Å². The van der Waals surface area contributed by atoms with E-state index in [1.807, 2.05) is 0 Å². The van der Waals surface area contributed by atoms with Gasteiger partial charge in [-0.3, -0.25) is 4.90 Å². The molecule has 1 heterocycles. The van der Waals surface area contributed by atoms with Crippen LogP contribution in [-0.4, -0.2) is 53.8 Å². The van der Waals surface area contributed by atoms with Crippen LogP contribution in [0, 0.1) is 0 Å². The first-order chi connectivity index (χ1) is 12.8. The highest BCUT2D eigenvalue weighted by atomic mass is 28.4.